The van der Waals surface area contributed by atoms with Gasteiger partial charge >= 0.3 is 0 Å². The monoisotopic (exact) mass is 400 g/mol. The molecule has 0 aliphatic heterocycles. The number of carbonyl (C=O) groups is 1. The normalized spacial score (nSPS) is 17.2. The summed E-state index contributed by atoms with van der Waals surface area (Å²) in [4.78, 5) is 16.7. The van der Waals surface area contributed by atoms with Crippen LogP contribution in [0.3, 0.4) is 0 Å². The van der Waals surface area contributed by atoms with Gasteiger partial charge in [-0.1, -0.05) is 18.2 Å². The second-order valence-electron chi connectivity index (χ2n) is 5.53. The third kappa shape index (κ3) is 6.03. The Morgan fingerprint density at radius 1 is 1.00 bits per heavy atom. The molecule has 1 aromatic carbocycles. The van der Waals surface area contributed by atoms with E-state index in [1.54, 1.807) is 25.5 Å². The molecule has 0 saturated heterocycles. The topological polar surface area (TPSA) is 51.2 Å². The molecule has 4 rings (SSSR count). The van der Waals surface area contributed by atoms with Crippen molar-refractivity contribution in [3.63, 3.8) is 0 Å². The number of anilines is 1. The van der Waals surface area contributed by atoms with Crippen molar-refractivity contribution in [3.05, 3.63) is 99.9 Å². The van der Waals surface area contributed by atoms with E-state index in [2.05, 4.69) is 10.3 Å². The molecule has 1 amide bonds. The quantitative estimate of drug-likeness (QED) is 0.791. The first kappa shape index (κ1) is 21.9. The summed E-state index contributed by atoms with van der Waals surface area (Å²) in [5.74, 6) is 0.339. The predicted molar refractivity (Wildman–Crippen MR) is 103 cm³/mol. The van der Waals surface area contributed by atoms with Gasteiger partial charge in [0.05, 0.1) is 11.2 Å². The van der Waals surface area contributed by atoms with Gasteiger partial charge in [0.1, 0.15) is 12.0 Å². The van der Waals surface area contributed by atoms with Crippen molar-refractivity contribution in [1.82, 2.24) is 4.98 Å². The molecule has 5 heteroatoms. The van der Waals surface area contributed by atoms with Crippen molar-refractivity contribution in [2.45, 2.75) is 6.92 Å². The predicted octanol–water partition coefficient (Wildman–Crippen LogP) is 3.96. The summed E-state index contributed by atoms with van der Waals surface area (Å²) in [5.41, 5.74) is 1.47. The number of aromatic nitrogens is 1. The molecule has 0 atom stereocenters. The van der Waals surface area contributed by atoms with E-state index in [0.717, 1.165) is 10.9 Å². The zero-order chi connectivity index (χ0) is 18.2. The first-order valence-corrected chi connectivity index (χ1v) is 8.50. The SMILES string of the molecule is CCO[C]1[CH][CH][CH][C]1C(=O)Nc1cccc2cccnc12.[CH]1[CH][CH][CH][CH]1.[Fe]. The second-order valence-corrected chi connectivity index (χ2v) is 5.53. The molecular weight excluding hydrogens is 380 g/mol. The number of hydrogen-bond acceptors (Lipinski definition) is 3. The maximum absolute atomic E-state index is 12.4. The van der Waals surface area contributed by atoms with Crippen LogP contribution in [0.2, 0.25) is 0 Å². The van der Waals surface area contributed by atoms with Crippen LogP contribution in [0.1, 0.15) is 6.92 Å². The van der Waals surface area contributed by atoms with Gasteiger partial charge in [0.15, 0.2) is 0 Å². The summed E-state index contributed by atoms with van der Waals surface area (Å²) in [5, 5.41) is 3.89. The first-order chi connectivity index (χ1) is 12.8. The molecule has 0 bridgehead atoms. The summed E-state index contributed by atoms with van der Waals surface area (Å²) >= 11 is 0. The molecule has 2 aromatic rings. The number of amides is 1. The molecule has 0 unspecified atom stereocenters. The van der Waals surface area contributed by atoms with E-state index >= 15 is 0 Å². The Kier molecular flexibility index (Phi) is 9.26. The molecule has 1 heterocycles. The molecule has 2 aliphatic rings. The first-order valence-electron chi connectivity index (χ1n) is 8.50. The van der Waals surface area contributed by atoms with Crippen molar-refractivity contribution < 1.29 is 26.6 Å². The van der Waals surface area contributed by atoms with Crippen LogP contribution in [-0.4, -0.2) is 17.5 Å². The molecule has 2 saturated carbocycles. The van der Waals surface area contributed by atoms with Gasteiger partial charge in [-0.05, 0) is 64.0 Å². The molecule has 2 fully saturated rings. The summed E-state index contributed by atoms with van der Waals surface area (Å²) < 4.78 is 5.45. The number of hydrogen-bond donors (Lipinski definition) is 1. The van der Waals surface area contributed by atoms with Gasteiger partial charge in [-0.3, -0.25) is 9.78 Å². The van der Waals surface area contributed by atoms with Crippen LogP contribution < -0.4 is 5.32 Å². The number of fused-ring (bicyclic) bond motifs is 1. The van der Waals surface area contributed by atoms with Crippen molar-refractivity contribution in [2.24, 2.45) is 0 Å². The fourth-order valence-corrected chi connectivity index (χ4v) is 2.59. The molecule has 1 aromatic heterocycles. The van der Waals surface area contributed by atoms with Crippen LogP contribution in [0.4, 0.5) is 5.69 Å². The molecular formula is C22H20FeN2O2. The Morgan fingerprint density at radius 2 is 1.70 bits per heavy atom. The Morgan fingerprint density at radius 3 is 2.41 bits per heavy atom. The van der Waals surface area contributed by atoms with Crippen LogP contribution in [0.5, 0.6) is 0 Å². The van der Waals surface area contributed by atoms with Crippen molar-refractivity contribution >= 4 is 22.5 Å². The fourth-order valence-electron chi connectivity index (χ4n) is 2.59. The van der Waals surface area contributed by atoms with Crippen LogP contribution in [0, 0.1) is 63.4 Å². The molecule has 2 aliphatic carbocycles. The van der Waals surface area contributed by atoms with Crippen LogP contribution in [-0.2, 0) is 26.6 Å². The maximum Gasteiger partial charge on any atom is 0.235 e. The van der Waals surface area contributed by atoms with Crippen LogP contribution in [0.25, 0.3) is 10.9 Å². The summed E-state index contributed by atoms with van der Waals surface area (Å²) in [7, 11) is 0. The van der Waals surface area contributed by atoms with Gasteiger partial charge in [-0.25, -0.2) is 0 Å². The Hall–Kier alpha value is -1.42. The van der Waals surface area contributed by atoms with Gasteiger partial charge < -0.3 is 10.1 Å². The Labute approximate surface area is 172 Å². The van der Waals surface area contributed by atoms with E-state index in [1.807, 2.05) is 69.4 Å². The van der Waals surface area contributed by atoms with Gasteiger partial charge in [0.2, 0.25) is 5.91 Å². The van der Waals surface area contributed by atoms with Gasteiger partial charge in [-0.2, -0.15) is 0 Å². The molecule has 27 heavy (non-hydrogen) atoms. The minimum atomic E-state index is -0.193. The third-order valence-electron chi connectivity index (χ3n) is 3.76. The van der Waals surface area contributed by atoms with E-state index in [1.165, 1.54) is 0 Å². The zero-order valence-electron chi connectivity index (χ0n) is 14.9. The number of rotatable bonds is 4. The van der Waals surface area contributed by atoms with Crippen molar-refractivity contribution in [3.8, 4) is 0 Å². The van der Waals surface area contributed by atoms with Gasteiger partial charge in [0, 0.05) is 41.7 Å². The van der Waals surface area contributed by atoms with E-state index in [9.17, 15) is 4.79 Å². The summed E-state index contributed by atoms with van der Waals surface area (Å²) in [6.07, 6.45) is 17.7. The molecule has 10 radical (unpaired) electrons. The fraction of sp³-hybridized carbons (Fsp3) is 0.0909. The minimum absolute atomic E-state index is 0. The summed E-state index contributed by atoms with van der Waals surface area (Å²) in [6.45, 7) is 2.42. The number of carbonyl (C=O) groups excluding carboxylic acids is 1. The van der Waals surface area contributed by atoms with E-state index in [4.69, 9.17) is 4.74 Å². The number of para-hydroxylation sites is 1. The third-order valence-corrected chi connectivity index (χ3v) is 3.76. The van der Waals surface area contributed by atoms with E-state index in [0.29, 0.717) is 24.3 Å². The van der Waals surface area contributed by atoms with E-state index < -0.39 is 0 Å². The molecule has 4 nitrogen and oxygen atoms in total. The van der Waals surface area contributed by atoms with Gasteiger partial charge in [0.25, 0.3) is 0 Å². The number of nitrogens with one attached hydrogen (secondary N) is 1. The number of nitrogens with zero attached hydrogens (tertiary/aromatic N) is 1. The molecule has 1 N–H and O–H groups in total. The largest absolute Gasteiger partial charge is 0.371 e. The van der Waals surface area contributed by atoms with Crippen LogP contribution >= 0.6 is 0 Å². The zero-order valence-corrected chi connectivity index (χ0v) is 16.0. The smallest absolute Gasteiger partial charge is 0.235 e. The average Bonchev–Trinajstić information content (AvgIpc) is 3.37. The number of benzene rings is 1. The van der Waals surface area contributed by atoms with E-state index in [-0.39, 0.29) is 23.0 Å². The Bertz CT molecular complexity index is 705. The summed E-state index contributed by atoms with van der Waals surface area (Å²) in [6, 6.07) is 9.54. The molecule has 0 spiro atoms. The van der Waals surface area contributed by atoms with Gasteiger partial charge in [-0.15, -0.1) is 0 Å². The van der Waals surface area contributed by atoms with Crippen LogP contribution in [0.15, 0.2) is 36.5 Å². The Balaban J connectivity index is 0.000000379. The number of ether oxygens (including phenoxy) is 1. The van der Waals surface area contributed by atoms with Crippen molar-refractivity contribution in [2.75, 3.05) is 11.9 Å². The minimum Gasteiger partial charge on any atom is -0.371 e. The molecule has 138 valence electrons. The standard InChI is InChI=1S/C17H15N2O2.C5H5.Fe/c1-2-21-15-10-4-8-13(15)17(20)19-14-9-3-6-12-7-5-11-18-16(12)14;1-2-4-5-3-1;/h3-11H,2H2,1H3,(H,19,20);1-5H;. The van der Waals surface area contributed by atoms with Crippen molar-refractivity contribution in [1.29, 1.82) is 0 Å². The second kappa shape index (κ2) is 11.4. The number of pyridine rings is 1. The average molecular weight is 400 g/mol. The maximum atomic E-state index is 12.4.